The van der Waals surface area contributed by atoms with Gasteiger partial charge in [0.1, 0.15) is 5.01 Å². The van der Waals surface area contributed by atoms with Crippen molar-refractivity contribution < 1.29 is 4.79 Å². The third-order valence-corrected chi connectivity index (χ3v) is 6.72. The van der Waals surface area contributed by atoms with E-state index in [9.17, 15) is 4.79 Å². The van der Waals surface area contributed by atoms with Gasteiger partial charge in [0.05, 0.1) is 12.2 Å². The summed E-state index contributed by atoms with van der Waals surface area (Å²) in [5.74, 6) is 0.304. The van der Waals surface area contributed by atoms with Crippen molar-refractivity contribution in [1.29, 1.82) is 0 Å². The van der Waals surface area contributed by atoms with Gasteiger partial charge in [-0.2, -0.15) is 0 Å². The molecule has 0 N–H and O–H groups in total. The monoisotopic (exact) mass is 418 g/mol. The largest absolute Gasteiger partial charge is 0.342 e. The van der Waals surface area contributed by atoms with E-state index < -0.39 is 0 Å². The van der Waals surface area contributed by atoms with E-state index in [-0.39, 0.29) is 0 Å². The summed E-state index contributed by atoms with van der Waals surface area (Å²) >= 11 is 7.66. The Morgan fingerprint density at radius 1 is 0.964 bits per heavy atom. The number of amides is 1. The van der Waals surface area contributed by atoms with Crippen molar-refractivity contribution >= 4 is 28.8 Å². The molecular weight excluding hydrogens is 392 g/mol. The number of hydrogen-bond acceptors (Lipinski definition) is 5. The standard InChI is InChI=1S/C21H27ClN4OS/c22-18-6-4-17(5-7-18)21-23-19(16-28-21)14-24-8-3-9-25(13-12-24)15-20(27)26-10-1-2-11-26/h4-7,16H,1-3,8-15H2. The fraction of sp³-hybridized carbons (Fsp3) is 0.524. The lowest BCUT2D eigenvalue weighted by molar-refractivity contribution is -0.131. The first-order valence-electron chi connectivity index (χ1n) is 10.1. The molecule has 1 aromatic heterocycles. The molecule has 2 aromatic rings. The number of thiazole rings is 1. The highest BCUT2D eigenvalue weighted by molar-refractivity contribution is 7.13. The van der Waals surface area contributed by atoms with Crippen LogP contribution in [0.25, 0.3) is 10.6 Å². The zero-order chi connectivity index (χ0) is 19.3. The van der Waals surface area contributed by atoms with Crippen LogP contribution in [0.1, 0.15) is 25.0 Å². The number of nitrogens with zero attached hydrogens (tertiary/aromatic N) is 4. The molecular formula is C21H27ClN4OS. The number of carbonyl (C=O) groups is 1. The molecule has 0 bridgehead atoms. The lowest BCUT2D eigenvalue weighted by Crippen LogP contribution is -2.40. The number of rotatable bonds is 5. The SMILES string of the molecule is O=C(CN1CCCN(Cc2csc(-c3ccc(Cl)cc3)n2)CC1)N1CCCC1. The average Bonchev–Trinajstić information content (AvgIpc) is 3.34. The normalized spacial score (nSPS) is 19.1. The van der Waals surface area contributed by atoms with Crippen LogP contribution in [0.2, 0.25) is 5.02 Å². The summed E-state index contributed by atoms with van der Waals surface area (Å²) in [6.45, 7) is 7.33. The van der Waals surface area contributed by atoms with E-state index in [0.717, 1.165) is 86.4 Å². The number of likely N-dealkylation sites (tertiary alicyclic amines) is 1. The van der Waals surface area contributed by atoms with Gasteiger partial charge in [0.25, 0.3) is 0 Å². The smallest absolute Gasteiger partial charge is 0.236 e. The van der Waals surface area contributed by atoms with Crippen LogP contribution < -0.4 is 0 Å². The quantitative estimate of drug-likeness (QED) is 0.743. The summed E-state index contributed by atoms with van der Waals surface area (Å²) in [7, 11) is 0. The minimum Gasteiger partial charge on any atom is -0.342 e. The van der Waals surface area contributed by atoms with Crippen LogP contribution in [0.15, 0.2) is 29.6 Å². The van der Waals surface area contributed by atoms with Crippen LogP contribution >= 0.6 is 22.9 Å². The van der Waals surface area contributed by atoms with Crippen LogP contribution in [0.5, 0.6) is 0 Å². The van der Waals surface area contributed by atoms with E-state index in [4.69, 9.17) is 16.6 Å². The summed E-state index contributed by atoms with van der Waals surface area (Å²) in [5.41, 5.74) is 2.24. The van der Waals surface area contributed by atoms with E-state index in [1.165, 1.54) is 0 Å². The Morgan fingerprint density at radius 2 is 1.68 bits per heavy atom. The predicted octanol–water partition coefficient (Wildman–Crippen LogP) is 3.59. The minimum absolute atomic E-state index is 0.304. The molecule has 0 radical (unpaired) electrons. The molecule has 0 spiro atoms. The zero-order valence-corrected chi connectivity index (χ0v) is 17.7. The van der Waals surface area contributed by atoms with Crippen molar-refractivity contribution in [3.63, 3.8) is 0 Å². The molecule has 2 aliphatic heterocycles. The maximum absolute atomic E-state index is 12.4. The van der Waals surface area contributed by atoms with Crippen molar-refractivity contribution in [1.82, 2.24) is 19.7 Å². The maximum atomic E-state index is 12.4. The number of hydrogen-bond donors (Lipinski definition) is 0. The van der Waals surface area contributed by atoms with Crippen molar-refractivity contribution in [2.75, 3.05) is 45.8 Å². The molecule has 2 fully saturated rings. The molecule has 1 aromatic carbocycles. The molecule has 5 nitrogen and oxygen atoms in total. The minimum atomic E-state index is 0.304. The molecule has 0 aliphatic carbocycles. The molecule has 0 atom stereocenters. The molecule has 2 aliphatic rings. The van der Waals surface area contributed by atoms with Crippen LogP contribution in [0, 0.1) is 0 Å². The first-order valence-corrected chi connectivity index (χ1v) is 11.4. The number of benzene rings is 1. The second-order valence-corrected chi connectivity index (χ2v) is 8.94. The summed E-state index contributed by atoms with van der Waals surface area (Å²) in [6.07, 6.45) is 3.41. The van der Waals surface area contributed by atoms with Gasteiger partial charge >= 0.3 is 0 Å². The third kappa shape index (κ3) is 5.11. The number of halogens is 1. The van der Waals surface area contributed by atoms with Crippen molar-refractivity contribution in [2.24, 2.45) is 0 Å². The lowest BCUT2D eigenvalue weighted by atomic mass is 10.2. The molecule has 4 rings (SSSR count). The van der Waals surface area contributed by atoms with Gasteiger partial charge in [-0.3, -0.25) is 14.6 Å². The van der Waals surface area contributed by atoms with E-state index >= 15 is 0 Å². The molecule has 150 valence electrons. The highest BCUT2D eigenvalue weighted by Crippen LogP contribution is 2.25. The Balaban J connectivity index is 1.29. The Hall–Kier alpha value is -1.47. The van der Waals surface area contributed by atoms with Crippen LogP contribution in [-0.4, -0.2) is 71.4 Å². The Bertz CT molecular complexity index is 788. The Labute approximate surface area is 175 Å². The van der Waals surface area contributed by atoms with Gasteiger partial charge in [0.2, 0.25) is 5.91 Å². The van der Waals surface area contributed by atoms with Gasteiger partial charge in [0, 0.05) is 48.7 Å². The molecule has 0 saturated carbocycles. The fourth-order valence-corrected chi connectivity index (χ4v) is 4.88. The fourth-order valence-electron chi connectivity index (χ4n) is 3.93. The molecule has 28 heavy (non-hydrogen) atoms. The molecule has 2 saturated heterocycles. The maximum Gasteiger partial charge on any atom is 0.236 e. The summed E-state index contributed by atoms with van der Waals surface area (Å²) in [5, 5.41) is 3.95. The lowest BCUT2D eigenvalue weighted by Gasteiger charge is -2.23. The van der Waals surface area contributed by atoms with Crippen molar-refractivity contribution in [3.8, 4) is 10.6 Å². The Kier molecular flexibility index (Phi) is 6.62. The summed E-state index contributed by atoms with van der Waals surface area (Å²) in [4.78, 5) is 24.0. The van der Waals surface area contributed by atoms with E-state index in [2.05, 4.69) is 15.2 Å². The second kappa shape index (κ2) is 9.35. The number of carbonyl (C=O) groups excluding carboxylic acids is 1. The molecule has 1 amide bonds. The third-order valence-electron chi connectivity index (χ3n) is 5.53. The van der Waals surface area contributed by atoms with E-state index in [0.29, 0.717) is 12.5 Å². The molecule has 3 heterocycles. The first kappa shape index (κ1) is 19.8. The Morgan fingerprint density at radius 3 is 2.46 bits per heavy atom. The van der Waals surface area contributed by atoms with E-state index in [1.54, 1.807) is 11.3 Å². The first-order chi connectivity index (χ1) is 13.7. The van der Waals surface area contributed by atoms with Crippen LogP contribution in [0.4, 0.5) is 0 Å². The van der Waals surface area contributed by atoms with Crippen LogP contribution in [0.3, 0.4) is 0 Å². The predicted molar refractivity (Wildman–Crippen MR) is 115 cm³/mol. The molecule has 0 unspecified atom stereocenters. The van der Waals surface area contributed by atoms with Gasteiger partial charge in [-0.25, -0.2) is 4.98 Å². The second-order valence-electron chi connectivity index (χ2n) is 7.64. The van der Waals surface area contributed by atoms with Gasteiger partial charge < -0.3 is 4.90 Å². The van der Waals surface area contributed by atoms with Gasteiger partial charge in [-0.1, -0.05) is 23.7 Å². The summed E-state index contributed by atoms with van der Waals surface area (Å²) in [6, 6.07) is 7.86. The van der Waals surface area contributed by atoms with E-state index in [1.807, 2.05) is 29.2 Å². The van der Waals surface area contributed by atoms with Crippen LogP contribution in [-0.2, 0) is 11.3 Å². The van der Waals surface area contributed by atoms with Crippen molar-refractivity contribution in [2.45, 2.75) is 25.8 Å². The van der Waals surface area contributed by atoms with Gasteiger partial charge in [-0.15, -0.1) is 11.3 Å². The highest BCUT2D eigenvalue weighted by atomic mass is 35.5. The number of aromatic nitrogens is 1. The average molecular weight is 419 g/mol. The van der Waals surface area contributed by atoms with Crippen molar-refractivity contribution in [3.05, 3.63) is 40.4 Å². The summed E-state index contributed by atoms with van der Waals surface area (Å²) < 4.78 is 0. The topological polar surface area (TPSA) is 39.7 Å². The van der Waals surface area contributed by atoms with Gasteiger partial charge in [-0.05, 0) is 44.5 Å². The highest BCUT2D eigenvalue weighted by Gasteiger charge is 2.22. The molecule has 7 heteroatoms. The zero-order valence-electron chi connectivity index (χ0n) is 16.1. The van der Waals surface area contributed by atoms with Gasteiger partial charge in [0.15, 0.2) is 0 Å².